The molecule has 6 nitrogen and oxygen atoms in total. The van der Waals surface area contributed by atoms with Crippen LogP contribution in [0.4, 0.5) is 5.69 Å². The molecule has 0 spiro atoms. The SMILES string of the molecule is C=C(/C=C/C(C#N)=C/C=C1/N(CCC(=O)O)c2ccc3ccc(OC)cc3c2C1(C)C)C(C)(C)c1c(C)ccc2ccc(OC)cc12. The first-order chi connectivity index (χ1) is 22.3. The summed E-state index contributed by atoms with van der Waals surface area (Å²) in [6.07, 6.45) is 7.46. The van der Waals surface area contributed by atoms with Crippen LogP contribution in [-0.4, -0.2) is 31.8 Å². The number of nitriles is 1. The van der Waals surface area contributed by atoms with Crippen molar-refractivity contribution in [3.05, 3.63) is 125 Å². The van der Waals surface area contributed by atoms with Gasteiger partial charge in [0.05, 0.1) is 32.3 Å². The van der Waals surface area contributed by atoms with E-state index in [1.807, 2.05) is 42.5 Å². The lowest BCUT2D eigenvalue weighted by Crippen LogP contribution is -2.28. The number of fused-ring (bicyclic) bond motifs is 4. The first kappa shape index (κ1) is 33.1. The molecule has 5 rings (SSSR count). The second-order valence-corrected chi connectivity index (χ2v) is 13.1. The Morgan fingerprint density at radius 3 is 2.19 bits per heavy atom. The molecule has 47 heavy (non-hydrogen) atoms. The Kier molecular flexibility index (Phi) is 9.04. The van der Waals surface area contributed by atoms with E-state index in [0.717, 1.165) is 66.7 Å². The average molecular weight is 627 g/mol. The Morgan fingerprint density at radius 2 is 1.57 bits per heavy atom. The third-order valence-electron chi connectivity index (χ3n) is 9.48. The number of anilines is 1. The van der Waals surface area contributed by atoms with Gasteiger partial charge in [0.1, 0.15) is 11.5 Å². The largest absolute Gasteiger partial charge is 0.497 e. The average Bonchev–Trinajstić information content (AvgIpc) is 3.27. The van der Waals surface area contributed by atoms with Gasteiger partial charge in [-0.1, -0.05) is 70.7 Å². The highest BCUT2D eigenvalue weighted by Gasteiger charge is 2.41. The third kappa shape index (κ3) is 6.14. The Labute approximate surface area is 277 Å². The quantitative estimate of drug-likeness (QED) is 0.140. The number of rotatable bonds is 10. The fourth-order valence-electron chi connectivity index (χ4n) is 6.86. The smallest absolute Gasteiger partial charge is 0.305 e. The molecule has 0 aliphatic carbocycles. The number of carboxylic acid groups (broad SMARTS) is 1. The molecule has 4 aromatic rings. The number of carbonyl (C=O) groups is 1. The van der Waals surface area contributed by atoms with Crippen molar-refractivity contribution in [2.24, 2.45) is 0 Å². The van der Waals surface area contributed by atoms with Crippen LogP contribution in [0.15, 0.2) is 108 Å². The van der Waals surface area contributed by atoms with Crippen LogP contribution in [0.3, 0.4) is 0 Å². The fraction of sp³-hybridized carbons (Fsp3) is 0.268. The standard InChI is InChI=1S/C41H42N2O4/c1-26-9-13-29-14-17-31(46-7)23-33(29)38(26)40(3,4)27(2)10-11-28(25-42)12-20-36-41(5,6)39-34-24-32(47-8)18-15-30(34)16-19-35(39)43(36)22-21-37(44)45/h9-20,23-24H,2,21-22H2,1,3-8H3,(H,44,45)/b11-10+,28-12-,36-20+. The number of aliphatic carboxylic acids is 1. The van der Waals surface area contributed by atoms with Crippen LogP contribution in [0.2, 0.25) is 0 Å². The maximum absolute atomic E-state index is 11.7. The molecule has 0 aromatic heterocycles. The molecule has 0 unspecified atom stereocenters. The number of allylic oxidation sites excluding steroid dienone is 7. The van der Waals surface area contributed by atoms with Gasteiger partial charge in [0.2, 0.25) is 0 Å². The Morgan fingerprint density at radius 1 is 0.979 bits per heavy atom. The van der Waals surface area contributed by atoms with Crippen LogP contribution in [-0.2, 0) is 15.6 Å². The van der Waals surface area contributed by atoms with Crippen molar-refractivity contribution in [2.75, 3.05) is 25.7 Å². The molecule has 0 fully saturated rings. The van der Waals surface area contributed by atoms with Gasteiger partial charge in [-0.25, -0.2) is 0 Å². The van der Waals surface area contributed by atoms with Crippen LogP contribution < -0.4 is 14.4 Å². The fourth-order valence-corrected chi connectivity index (χ4v) is 6.86. The van der Waals surface area contributed by atoms with Crippen LogP contribution >= 0.6 is 0 Å². The number of hydrogen-bond acceptors (Lipinski definition) is 5. The second-order valence-electron chi connectivity index (χ2n) is 13.1. The molecule has 6 heteroatoms. The molecule has 4 aromatic carbocycles. The van der Waals surface area contributed by atoms with E-state index < -0.39 is 16.8 Å². The van der Waals surface area contributed by atoms with Crippen LogP contribution in [0.25, 0.3) is 21.5 Å². The minimum absolute atomic E-state index is 0.0217. The highest BCUT2D eigenvalue weighted by molar-refractivity contribution is 5.96. The van der Waals surface area contributed by atoms with E-state index in [2.05, 4.69) is 88.6 Å². The Hall–Kier alpha value is -5.28. The predicted molar refractivity (Wildman–Crippen MR) is 191 cm³/mol. The van der Waals surface area contributed by atoms with Crippen molar-refractivity contribution in [3.63, 3.8) is 0 Å². The molecule has 0 bridgehead atoms. The molecule has 0 saturated heterocycles. The molecular weight excluding hydrogens is 584 g/mol. The molecule has 0 atom stereocenters. The molecule has 0 radical (unpaired) electrons. The highest BCUT2D eigenvalue weighted by atomic mass is 16.5. The topological polar surface area (TPSA) is 82.8 Å². The highest BCUT2D eigenvalue weighted by Crippen LogP contribution is 2.51. The monoisotopic (exact) mass is 626 g/mol. The van der Waals surface area contributed by atoms with E-state index in [9.17, 15) is 15.2 Å². The molecular formula is C41H42N2O4. The normalized spacial score (nSPS) is 15.3. The number of carboxylic acids is 1. The minimum Gasteiger partial charge on any atom is -0.497 e. The first-order valence-electron chi connectivity index (χ1n) is 15.7. The van der Waals surface area contributed by atoms with E-state index >= 15 is 0 Å². The van der Waals surface area contributed by atoms with Gasteiger partial charge in [0, 0.05) is 28.8 Å². The molecule has 0 saturated carbocycles. The summed E-state index contributed by atoms with van der Waals surface area (Å²) in [5, 5.41) is 24.1. The number of hydrogen-bond donors (Lipinski definition) is 1. The summed E-state index contributed by atoms with van der Waals surface area (Å²) < 4.78 is 11.1. The summed E-state index contributed by atoms with van der Waals surface area (Å²) in [7, 11) is 3.32. The lowest BCUT2D eigenvalue weighted by atomic mass is 9.74. The molecule has 1 N–H and O–H groups in total. The third-order valence-corrected chi connectivity index (χ3v) is 9.48. The number of aryl methyl sites for hydroxylation is 1. The van der Waals surface area contributed by atoms with Gasteiger partial charge in [-0.05, 0) is 99.3 Å². The summed E-state index contributed by atoms with van der Waals surface area (Å²) in [4.78, 5) is 13.7. The zero-order chi connectivity index (χ0) is 34.1. The van der Waals surface area contributed by atoms with E-state index in [1.165, 1.54) is 0 Å². The number of nitrogens with zero attached hydrogens (tertiary/aromatic N) is 2. The van der Waals surface area contributed by atoms with Crippen LogP contribution in [0.1, 0.15) is 50.8 Å². The molecule has 1 aliphatic rings. The molecule has 1 aliphatic heterocycles. The Bertz CT molecular complexity index is 2040. The van der Waals surface area contributed by atoms with Gasteiger partial charge < -0.3 is 19.5 Å². The Balaban J connectivity index is 1.53. The van der Waals surface area contributed by atoms with E-state index in [4.69, 9.17) is 9.47 Å². The minimum atomic E-state index is -0.866. The zero-order valence-electron chi connectivity index (χ0n) is 28.3. The summed E-state index contributed by atoms with van der Waals surface area (Å²) in [6.45, 7) is 15.4. The van der Waals surface area contributed by atoms with E-state index in [-0.39, 0.29) is 6.42 Å². The second kappa shape index (κ2) is 12.8. The van der Waals surface area contributed by atoms with Gasteiger partial charge in [0.15, 0.2) is 0 Å². The van der Waals surface area contributed by atoms with Crippen molar-refractivity contribution in [1.82, 2.24) is 0 Å². The van der Waals surface area contributed by atoms with Gasteiger partial charge in [0.25, 0.3) is 0 Å². The summed E-state index contributed by atoms with van der Waals surface area (Å²) in [6, 6.07) is 22.8. The number of methoxy groups -OCH3 is 2. The van der Waals surface area contributed by atoms with Gasteiger partial charge in [-0.15, -0.1) is 0 Å². The maximum Gasteiger partial charge on any atom is 0.305 e. The molecule has 0 amide bonds. The lowest BCUT2D eigenvalue weighted by Gasteiger charge is -2.30. The van der Waals surface area contributed by atoms with Crippen molar-refractivity contribution in [1.29, 1.82) is 5.26 Å². The number of benzene rings is 4. The van der Waals surface area contributed by atoms with E-state index in [1.54, 1.807) is 20.3 Å². The van der Waals surface area contributed by atoms with Gasteiger partial charge >= 0.3 is 5.97 Å². The van der Waals surface area contributed by atoms with Crippen molar-refractivity contribution < 1.29 is 19.4 Å². The van der Waals surface area contributed by atoms with Crippen LogP contribution in [0.5, 0.6) is 11.5 Å². The first-order valence-corrected chi connectivity index (χ1v) is 15.7. The lowest BCUT2D eigenvalue weighted by molar-refractivity contribution is -0.136. The van der Waals surface area contributed by atoms with Crippen LogP contribution in [0, 0.1) is 18.3 Å². The summed E-state index contributed by atoms with van der Waals surface area (Å²) >= 11 is 0. The molecule has 240 valence electrons. The van der Waals surface area contributed by atoms with Crippen molar-refractivity contribution >= 4 is 33.2 Å². The van der Waals surface area contributed by atoms with Gasteiger partial charge in [-0.2, -0.15) is 5.26 Å². The summed E-state index contributed by atoms with van der Waals surface area (Å²) in [5.74, 6) is 0.690. The van der Waals surface area contributed by atoms with Gasteiger partial charge in [-0.3, -0.25) is 4.79 Å². The van der Waals surface area contributed by atoms with Crippen molar-refractivity contribution in [3.8, 4) is 17.6 Å². The summed E-state index contributed by atoms with van der Waals surface area (Å²) in [5.41, 5.74) is 5.72. The molecule has 1 heterocycles. The number of ether oxygens (including phenoxy) is 2. The predicted octanol–water partition coefficient (Wildman–Crippen LogP) is 9.31. The maximum atomic E-state index is 11.7. The zero-order valence-corrected chi connectivity index (χ0v) is 28.3. The van der Waals surface area contributed by atoms with E-state index in [0.29, 0.717) is 12.1 Å². The van der Waals surface area contributed by atoms with Crippen molar-refractivity contribution in [2.45, 2.75) is 51.9 Å².